The zero-order valence-electron chi connectivity index (χ0n) is 14.5. The van der Waals surface area contributed by atoms with Gasteiger partial charge in [0, 0.05) is 32.1 Å². The van der Waals surface area contributed by atoms with Crippen LogP contribution in [-0.4, -0.2) is 31.2 Å². The van der Waals surface area contributed by atoms with Gasteiger partial charge < -0.3 is 15.4 Å². The van der Waals surface area contributed by atoms with Gasteiger partial charge in [-0.15, -0.1) is 0 Å². The summed E-state index contributed by atoms with van der Waals surface area (Å²) in [5, 5.41) is 6.08. The van der Waals surface area contributed by atoms with Crippen molar-refractivity contribution in [3.8, 4) is 0 Å². The molecular weight excluding hydrogens is 302 g/mol. The maximum absolute atomic E-state index is 12.3. The van der Waals surface area contributed by atoms with Crippen LogP contribution in [0, 0.1) is 0 Å². The number of aromatic nitrogens is 1. The number of hydrogen-bond donors (Lipinski definition) is 2. The van der Waals surface area contributed by atoms with Crippen LogP contribution in [0.1, 0.15) is 42.1 Å². The molecule has 2 rings (SSSR count). The zero-order chi connectivity index (χ0) is 17.4. The van der Waals surface area contributed by atoms with E-state index in [-0.39, 0.29) is 5.91 Å². The molecule has 0 bridgehead atoms. The van der Waals surface area contributed by atoms with E-state index in [0.29, 0.717) is 18.1 Å². The Labute approximate surface area is 143 Å². The Bertz CT molecular complexity index is 637. The molecule has 0 saturated carbocycles. The first-order valence-corrected chi connectivity index (χ1v) is 8.20. The predicted molar refractivity (Wildman–Crippen MR) is 97.7 cm³/mol. The van der Waals surface area contributed by atoms with Gasteiger partial charge in [0.15, 0.2) is 0 Å². The summed E-state index contributed by atoms with van der Waals surface area (Å²) in [6, 6.07) is 11.5. The first kappa shape index (κ1) is 17.9. The van der Waals surface area contributed by atoms with Gasteiger partial charge in [0.05, 0.1) is 5.56 Å². The van der Waals surface area contributed by atoms with Gasteiger partial charge in [-0.05, 0) is 42.2 Å². The molecule has 0 saturated heterocycles. The Morgan fingerprint density at radius 3 is 2.50 bits per heavy atom. The van der Waals surface area contributed by atoms with Crippen molar-refractivity contribution in [1.82, 2.24) is 4.98 Å². The average Bonchev–Trinajstić information content (AvgIpc) is 2.59. The maximum Gasteiger partial charge on any atom is 0.257 e. The van der Waals surface area contributed by atoms with E-state index in [4.69, 9.17) is 4.74 Å². The molecule has 5 nitrogen and oxygen atoms in total. The number of hydrogen-bond acceptors (Lipinski definition) is 4. The van der Waals surface area contributed by atoms with Gasteiger partial charge in [-0.25, -0.2) is 4.98 Å². The number of methoxy groups -OCH3 is 1. The van der Waals surface area contributed by atoms with Gasteiger partial charge in [0.25, 0.3) is 5.91 Å². The van der Waals surface area contributed by atoms with Crippen LogP contribution in [-0.2, 0) is 4.74 Å². The quantitative estimate of drug-likeness (QED) is 0.722. The molecule has 1 amide bonds. The van der Waals surface area contributed by atoms with Crippen LogP contribution in [0.2, 0.25) is 0 Å². The van der Waals surface area contributed by atoms with E-state index in [1.54, 1.807) is 19.4 Å². The fourth-order valence-corrected chi connectivity index (χ4v) is 2.22. The number of carbonyl (C=O) groups is 1. The van der Waals surface area contributed by atoms with E-state index in [2.05, 4.69) is 29.5 Å². The van der Waals surface area contributed by atoms with Gasteiger partial charge in [-0.2, -0.15) is 0 Å². The van der Waals surface area contributed by atoms with Crippen LogP contribution in [0.3, 0.4) is 0 Å². The molecule has 5 heteroatoms. The van der Waals surface area contributed by atoms with E-state index in [1.807, 2.05) is 30.3 Å². The molecule has 24 heavy (non-hydrogen) atoms. The minimum Gasteiger partial charge on any atom is -0.385 e. The number of nitrogens with one attached hydrogen (secondary N) is 2. The smallest absolute Gasteiger partial charge is 0.257 e. The third-order valence-corrected chi connectivity index (χ3v) is 3.69. The first-order valence-electron chi connectivity index (χ1n) is 8.20. The molecule has 0 radical (unpaired) electrons. The van der Waals surface area contributed by atoms with Crippen LogP contribution >= 0.6 is 0 Å². The third kappa shape index (κ3) is 5.35. The minimum atomic E-state index is -0.161. The second-order valence-corrected chi connectivity index (χ2v) is 5.94. The average molecular weight is 327 g/mol. The fourth-order valence-electron chi connectivity index (χ4n) is 2.22. The van der Waals surface area contributed by atoms with Gasteiger partial charge >= 0.3 is 0 Å². The molecule has 0 aliphatic carbocycles. The number of anilines is 2. The van der Waals surface area contributed by atoms with Gasteiger partial charge in [-0.1, -0.05) is 26.0 Å². The fraction of sp³-hybridized carbons (Fsp3) is 0.368. The van der Waals surface area contributed by atoms with Crippen LogP contribution in [0.25, 0.3) is 0 Å². The van der Waals surface area contributed by atoms with Crippen LogP contribution in [0.5, 0.6) is 0 Å². The topological polar surface area (TPSA) is 63.2 Å². The molecule has 1 heterocycles. The Morgan fingerprint density at radius 2 is 1.92 bits per heavy atom. The Morgan fingerprint density at radius 1 is 1.17 bits per heavy atom. The van der Waals surface area contributed by atoms with Crippen molar-refractivity contribution in [3.63, 3.8) is 0 Å². The highest BCUT2D eigenvalue weighted by atomic mass is 16.5. The number of pyridine rings is 1. The maximum atomic E-state index is 12.3. The Hall–Kier alpha value is -2.40. The van der Waals surface area contributed by atoms with Gasteiger partial charge in [-0.3, -0.25) is 4.79 Å². The lowest BCUT2D eigenvalue weighted by atomic mass is 10.0. The largest absolute Gasteiger partial charge is 0.385 e. The molecule has 0 fully saturated rings. The second-order valence-electron chi connectivity index (χ2n) is 5.94. The number of amides is 1. The number of rotatable bonds is 8. The van der Waals surface area contributed by atoms with Crippen molar-refractivity contribution in [2.45, 2.75) is 26.2 Å². The second kappa shape index (κ2) is 9.03. The lowest BCUT2D eigenvalue weighted by Crippen LogP contribution is -2.13. The number of benzene rings is 1. The molecule has 128 valence electrons. The van der Waals surface area contributed by atoms with E-state index >= 15 is 0 Å². The summed E-state index contributed by atoms with van der Waals surface area (Å²) in [7, 11) is 1.68. The molecule has 2 aromatic rings. The summed E-state index contributed by atoms with van der Waals surface area (Å²) in [6.07, 6.45) is 2.49. The van der Waals surface area contributed by atoms with E-state index in [9.17, 15) is 4.79 Å². The van der Waals surface area contributed by atoms with Gasteiger partial charge in [0.1, 0.15) is 5.82 Å². The molecule has 0 aliphatic heterocycles. The lowest BCUT2D eigenvalue weighted by molar-refractivity contribution is 0.102. The van der Waals surface area contributed by atoms with Crippen LogP contribution in [0.4, 0.5) is 11.5 Å². The molecule has 0 spiro atoms. The minimum absolute atomic E-state index is 0.161. The van der Waals surface area contributed by atoms with Crippen LogP contribution in [0.15, 0.2) is 42.6 Å². The normalized spacial score (nSPS) is 10.7. The predicted octanol–water partition coefficient (Wildman–Crippen LogP) is 3.91. The summed E-state index contributed by atoms with van der Waals surface area (Å²) in [4.78, 5) is 16.5. The molecule has 0 aliphatic rings. The number of nitrogens with zero attached hydrogens (tertiary/aromatic N) is 1. The first-order chi connectivity index (χ1) is 11.6. The molecule has 1 aromatic carbocycles. The summed E-state index contributed by atoms with van der Waals surface area (Å²) < 4.78 is 4.99. The zero-order valence-corrected chi connectivity index (χ0v) is 14.5. The number of carbonyl (C=O) groups excluding carboxylic acids is 1. The van der Waals surface area contributed by atoms with Crippen molar-refractivity contribution in [2.75, 3.05) is 30.9 Å². The van der Waals surface area contributed by atoms with Crippen LogP contribution < -0.4 is 10.6 Å². The van der Waals surface area contributed by atoms with Crippen molar-refractivity contribution in [2.24, 2.45) is 0 Å². The Kier molecular flexibility index (Phi) is 6.75. The van der Waals surface area contributed by atoms with E-state index in [0.717, 1.165) is 24.5 Å². The summed E-state index contributed by atoms with van der Waals surface area (Å²) >= 11 is 0. The summed E-state index contributed by atoms with van der Waals surface area (Å²) in [5.41, 5.74) is 2.56. The SMILES string of the molecule is COCCCNc1ccc(C(=O)Nc2ccc(C(C)C)cc2)cn1. The molecule has 1 aromatic heterocycles. The number of ether oxygens (including phenoxy) is 1. The third-order valence-electron chi connectivity index (χ3n) is 3.69. The van der Waals surface area contributed by atoms with Crippen molar-refractivity contribution >= 4 is 17.4 Å². The molecular formula is C19H25N3O2. The highest BCUT2D eigenvalue weighted by Crippen LogP contribution is 2.17. The lowest BCUT2D eigenvalue weighted by Gasteiger charge is -2.09. The van der Waals surface area contributed by atoms with Crippen molar-refractivity contribution in [1.29, 1.82) is 0 Å². The van der Waals surface area contributed by atoms with E-state index < -0.39 is 0 Å². The molecule has 0 unspecified atom stereocenters. The van der Waals surface area contributed by atoms with E-state index in [1.165, 1.54) is 5.56 Å². The van der Waals surface area contributed by atoms with Crippen molar-refractivity contribution < 1.29 is 9.53 Å². The standard InChI is InChI=1S/C19H25N3O2/c1-14(2)15-5-8-17(9-6-15)22-19(23)16-7-10-18(21-13-16)20-11-4-12-24-3/h5-10,13-14H,4,11-12H2,1-3H3,(H,20,21)(H,22,23). The Balaban J connectivity index is 1.90. The molecule has 2 N–H and O–H groups in total. The molecule has 0 atom stereocenters. The van der Waals surface area contributed by atoms with Crippen molar-refractivity contribution in [3.05, 3.63) is 53.7 Å². The van der Waals surface area contributed by atoms with Gasteiger partial charge in [0.2, 0.25) is 0 Å². The highest BCUT2D eigenvalue weighted by molar-refractivity contribution is 6.04. The monoisotopic (exact) mass is 327 g/mol. The highest BCUT2D eigenvalue weighted by Gasteiger charge is 2.07. The summed E-state index contributed by atoms with van der Waals surface area (Å²) in [5.74, 6) is 1.07. The summed E-state index contributed by atoms with van der Waals surface area (Å²) in [6.45, 7) is 5.78.